The summed E-state index contributed by atoms with van der Waals surface area (Å²) < 4.78 is 5.34. The Morgan fingerprint density at radius 2 is 2.21 bits per heavy atom. The van der Waals surface area contributed by atoms with Crippen molar-refractivity contribution in [3.63, 3.8) is 0 Å². The number of hydrogen-bond donors (Lipinski definition) is 1. The highest BCUT2D eigenvalue weighted by Crippen LogP contribution is 2.22. The molecule has 8 nitrogen and oxygen atoms in total. The second kappa shape index (κ2) is 9.57. The number of amidine groups is 1. The van der Waals surface area contributed by atoms with Gasteiger partial charge in [-0.05, 0) is 31.6 Å². The van der Waals surface area contributed by atoms with Crippen LogP contribution in [0, 0.1) is 17.2 Å². The molecule has 1 aromatic carbocycles. The van der Waals surface area contributed by atoms with Gasteiger partial charge in [-0.25, -0.2) is 9.59 Å². The van der Waals surface area contributed by atoms with Crippen molar-refractivity contribution in [3.8, 4) is 6.07 Å². The van der Waals surface area contributed by atoms with Crippen LogP contribution in [0.25, 0.3) is 0 Å². The van der Waals surface area contributed by atoms with Crippen LogP contribution in [0.5, 0.6) is 0 Å². The SMILES string of the molecule is CCOCCCN1C(=O)N=C2C=CC=CC2/C1=N/C(=O)Nc1ccccc1C#N. The standard InChI is InChI=1S/C21H21N5O3/c1-2-29-13-7-12-26-19(16-9-4-6-11-18(16)24-21(26)28)25-20(27)23-17-10-5-3-8-15(17)14-22/h3-6,8-11,16H,2,7,12-13H2,1H3,(H,23,27)/b25-19-. The number of fused-ring (bicyclic) bond motifs is 1. The topological polar surface area (TPSA) is 107 Å². The van der Waals surface area contributed by atoms with Gasteiger partial charge in [0.1, 0.15) is 11.9 Å². The van der Waals surface area contributed by atoms with E-state index in [2.05, 4.69) is 15.3 Å². The van der Waals surface area contributed by atoms with Gasteiger partial charge in [-0.1, -0.05) is 30.4 Å². The lowest BCUT2D eigenvalue weighted by molar-refractivity contribution is 0.140. The number of rotatable bonds is 6. The molecule has 3 rings (SSSR count). The van der Waals surface area contributed by atoms with Gasteiger partial charge < -0.3 is 10.1 Å². The first kappa shape index (κ1) is 20.2. The van der Waals surface area contributed by atoms with E-state index in [-0.39, 0.29) is 5.92 Å². The molecule has 1 N–H and O–H groups in total. The zero-order chi connectivity index (χ0) is 20.6. The number of allylic oxidation sites excluding steroid dienone is 3. The van der Waals surface area contributed by atoms with Crippen molar-refractivity contribution in [2.45, 2.75) is 13.3 Å². The summed E-state index contributed by atoms with van der Waals surface area (Å²) in [5.41, 5.74) is 1.24. The van der Waals surface area contributed by atoms with Crippen LogP contribution < -0.4 is 5.32 Å². The van der Waals surface area contributed by atoms with Crippen LogP contribution in [-0.4, -0.2) is 48.3 Å². The number of ether oxygens (including phenoxy) is 1. The Labute approximate surface area is 168 Å². The van der Waals surface area contributed by atoms with Crippen molar-refractivity contribution in [2.24, 2.45) is 15.9 Å². The Kier molecular flexibility index (Phi) is 6.66. The second-order valence-electron chi connectivity index (χ2n) is 6.30. The van der Waals surface area contributed by atoms with E-state index < -0.39 is 12.1 Å². The average molecular weight is 391 g/mol. The van der Waals surface area contributed by atoms with Gasteiger partial charge in [0.15, 0.2) is 0 Å². The van der Waals surface area contributed by atoms with Crippen LogP contribution in [-0.2, 0) is 4.74 Å². The third-order valence-corrected chi connectivity index (χ3v) is 4.39. The molecule has 0 aromatic heterocycles. The van der Waals surface area contributed by atoms with Gasteiger partial charge in [0.2, 0.25) is 0 Å². The third kappa shape index (κ3) is 4.83. The first-order valence-electron chi connectivity index (χ1n) is 9.35. The van der Waals surface area contributed by atoms with Gasteiger partial charge >= 0.3 is 12.1 Å². The molecule has 0 bridgehead atoms. The van der Waals surface area contributed by atoms with Crippen molar-refractivity contribution < 1.29 is 14.3 Å². The number of nitriles is 1. The van der Waals surface area contributed by atoms with E-state index in [9.17, 15) is 14.9 Å². The van der Waals surface area contributed by atoms with Crippen LogP contribution in [0.4, 0.5) is 15.3 Å². The summed E-state index contributed by atoms with van der Waals surface area (Å²) in [5, 5.41) is 11.8. The van der Waals surface area contributed by atoms with Crippen molar-refractivity contribution in [1.82, 2.24) is 4.90 Å². The van der Waals surface area contributed by atoms with Crippen LogP contribution in [0.1, 0.15) is 18.9 Å². The molecular formula is C21H21N5O3. The fourth-order valence-corrected chi connectivity index (χ4v) is 3.04. The van der Waals surface area contributed by atoms with E-state index in [0.29, 0.717) is 49.0 Å². The molecule has 0 saturated heterocycles. The molecule has 4 amide bonds. The predicted octanol–water partition coefficient (Wildman–Crippen LogP) is 3.53. The van der Waals surface area contributed by atoms with Crippen molar-refractivity contribution in [1.29, 1.82) is 5.26 Å². The number of anilines is 1. The number of nitrogens with one attached hydrogen (secondary N) is 1. The number of amides is 4. The van der Waals surface area contributed by atoms with Gasteiger partial charge in [0.25, 0.3) is 0 Å². The molecule has 29 heavy (non-hydrogen) atoms. The van der Waals surface area contributed by atoms with Crippen molar-refractivity contribution in [2.75, 3.05) is 25.1 Å². The average Bonchev–Trinajstić information content (AvgIpc) is 2.73. The summed E-state index contributed by atoms with van der Waals surface area (Å²) in [7, 11) is 0. The highest BCUT2D eigenvalue weighted by Gasteiger charge is 2.34. The molecule has 2 aliphatic rings. The van der Waals surface area contributed by atoms with Crippen molar-refractivity contribution >= 4 is 29.3 Å². The molecule has 1 aliphatic heterocycles. The first-order valence-corrected chi connectivity index (χ1v) is 9.35. The molecule has 1 unspecified atom stereocenters. The normalized spacial score (nSPS) is 19.0. The summed E-state index contributed by atoms with van der Waals surface area (Å²) >= 11 is 0. The summed E-state index contributed by atoms with van der Waals surface area (Å²) in [6.07, 6.45) is 7.79. The maximum absolute atomic E-state index is 12.6. The van der Waals surface area contributed by atoms with Crippen LogP contribution in [0.2, 0.25) is 0 Å². The Balaban J connectivity index is 1.86. The van der Waals surface area contributed by atoms with E-state index in [1.807, 2.05) is 25.1 Å². The number of aliphatic imine (C=N–C) groups is 2. The number of urea groups is 2. The molecule has 1 heterocycles. The Morgan fingerprint density at radius 1 is 1.38 bits per heavy atom. The molecule has 148 valence electrons. The zero-order valence-corrected chi connectivity index (χ0v) is 16.0. The number of para-hydroxylation sites is 1. The quantitative estimate of drug-likeness (QED) is 0.748. The molecule has 8 heteroatoms. The summed E-state index contributed by atoms with van der Waals surface area (Å²) in [4.78, 5) is 34.9. The molecular weight excluding hydrogens is 370 g/mol. The molecule has 0 spiro atoms. The Hall–Kier alpha value is -3.57. The van der Waals surface area contributed by atoms with E-state index in [1.54, 1.807) is 36.4 Å². The van der Waals surface area contributed by atoms with Gasteiger partial charge in [0, 0.05) is 19.8 Å². The van der Waals surface area contributed by atoms with Gasteiger partial charge in [-0.3, -0.25) is 4.90 Å². The molecule has 0 radical (unpaired) electrons. The van der Waals surface area contributed by atoms with E-state index in [0.717, 1.165) is 0 Å². The molecule has 1 aromatic rings. The van der Waals surface area contributed by atoms with Gasteiger partial charge in [-0.2, -0.15) is 15.2 Å². The highest BCUT2D eigenvalue weighted by atomic mass is 16.5. The first-order chi connectivity index (χ1) is 14.1. The number of benzene rings is 1. The van der Waals surface area contributed by atoms with Crippen LogP contribution >= 0.6 is 0 Å². The van der Waals surface area contributed by atoms with E-state index >= 15 is 0 Å². The Morgan fingerprint density at radius 3 is 3.00 bits per heavy atom. The Bertz CT molecular complexity index is 955. The van der Waals surface area contributed by atoms with Crippen LogP contribution in [0.3, 0.4) is 0 Å². The summed E-state index contributed by atoms with van der Waals surface area (Å²) in [6, 6.07) is 7.56. The van der Waals surface area contributed by atoms with Gasteiger partial charge in [-0.15, -0.1) is 0 Å². The smallest absolute Gasteiger partial charge is 0.349 e. The lowest BCUT2D eigenvalue weighted by Gasteiger charge is -2.31. The maximum Gasteiger partial charge on any atom is 0.349 e. The number of nitrogens with zero attached hydrogens (tertiary/aromatic N) is 4. The number of hydrogen-bond acceptors (Lipinski definition) is 4. The van der Waals surface area contributed by atoms with Crippen LogP contribution in [0.15, 0.2) is 58.6 Å². The highest BCUT2D eigenvalue weighted by molar-refractivity contribution is 6.24. The van der Waals surface area contributed by atoms with E-state index in [4.69, 9.17) is 4.74 Å². The largest absolute Gasteiger partial charge is 0.382 e. The minimum atomic E-state index is -0.658. The predicted molar refractivity (Wildman–Crippen MR) is 110 cm³/mol. The molecule has 1 aliphatic carbocycles. The lowest BCUT2D eigenvalue weighted by atomic mass is 9.94. The zero-order valence-electron chi connectivity index (χ0n) is 16.0. The number of carbonyl (C=O) groups excluding carboxylic acids is 2. The fourth-order valence-electron chi connectivity index (χ4n) is 3.04. The summed E-state index contributed by atoms with van der Waals surface area (Å²) in [5.74, 6) is -0.0780. The van der Waals surface area contributed by atoms with E-state index in [1.165, 1.54) is 4.90 Å². The number of carbonyl (C=O) groups is 2. The summed E-state index contributed by atoms with van der Waals surface area (Å²) in [6.45, 7) is 3.32. The second-order valence-corrected chi connectivity index (χ2v) is 6.30. The third-order valence-electron chi connectivity index (χ3n) is 4.39. The maximum atomic E-state index is 12.6. The molecule has 0 saturated carbocycles. The molecule has 1 atom stereocenters. The minimum Gasteiger partial charge on any atom is -0.382 e. The lowest BCUT2D eigenvalue weighted by Crippen LogP contribution is -2.47. The van der Waals surface area contributed by atoms with Gasteiger partial charge in [0.05, 0.1) is 22.9 Å². The van der Waals surface area contributed by atoms with Crippen molar-refractivity contribution in [3.05, 3.63) is 54.1 Å². The monoisotopic (exact) mass is 391 g/mol. The minimum absolute atomic E-state index is 0.309. The molecule has 0 fully saturated rings. The fraction of sp³-hybridized carbons (Fsp3) is 0.286.